The van der Waals surface area contributed by atoms with Crippen LogP contribution < -0.4 is 5.32 Å². The van der Waals surface area contributed by atoms with Crippen molar-refractivity contribution in [3.05, 3.63) is 34.6 Å². The first-order chi connectivity index (χ1) is 7.04. The number of hydrogen-bond donors (Lipinski definition) is 1. The fourth-order valence-corrected chi connectivity index (χ4v) is 1.25. The van der Waals surface area contributed by atoms with Gasteiger partial charge in [-0.3, -0.25) is 4.79 Å². The fraction of sp³-hybridized carbons (Fsp3) is 0.364. The summed E-state index contributed by atoms with van der Waals surface area (Å²) in [4.78, 5) is 11.6. The summed E-state index contributed by atoms with van der Waals surface area (Å²) in [5.41, 5.74) is -0.0113. The van der Waals surface area contributed by atoms with Gasteiger partial charge in [0.1, 0.15) is 5.82 Å². The molecule has 0 heterocycles. The van der Waals surface area contributed by atoms with E-state index < -0.39 is 11.7 Å². The van der Waals surface area contributed by atoms with Crippen molar-refractivity contribution in [2.24, 2.45) is 0 Å². The highest BCUT2D eigenvalue weighted by Gasteiger charge is 2.13. The number of nitrogens with one attached hydrogen (secondary N) is 1. The Morgan fingerprint density at radius 3 is 2.87 bits per heavy atom. The highest BCUT2D eigenvalue weighted by atomic mass is 35.5. The van der Waals surface area contributed by atoms with Crippen LogP contribution in [0.5, 0.6) is 0 Å². The summed E-state index contributed by atoms with van der Waals surface area (Å²) in [5, 5.41) is 3.03. The largest absolute Gasteiger partial charge is 0.350 e. The number of benzene rings is 1. The molecule has 0 saturated carbocycles. The topological polar surface area (TPSA) is 29.1 Å². The van der Waals surface area contributed by atoms with Crippen molar-refractivity contribution in [2.45, 2.75) is 26.3 Å². The van der Waals surface area contributed by atoms with Crippen molar-refractivity contribution in [1.29, 1.82) is 0 Å². The molecule has 0 saturated heterocycles. The van der Waals surface area contributed by atoms with Crippen LogP contribution in [0.25, 0.3) is 0 Å². The summed E-state index contributed by atoms with van der Waals surface area (Å²) in [6, 6.07) is 3.95. The maximum Gasteiger partial charge on any atom is 0.254 e. The van der Waals surface area contributed by atoms with Crippen molar-refractivity contribution in [2.75, 3.05) is 0 Å². The third-order valence-corrected chi connectivity index (χ3v) is 2.40. The van der Waals surface area contributed by atoms with Crippen LogP contribution in [0.2, 0.25) is 5.02 Å². The third-order valence-electron chi connectivity index (χ3n) is 2.16. The Morgan fingerprint density at radius 1 is 1.60 bits per heavy atom. The maximum atomic E-state index is 13.3. The summed E-state index contributed by atoms with van der Waals surface area (Å²) in [6.07, 6.45) is 0.800. The van der Waals surface area contributed by atoms with Gasteiger partial charge in [-0.2, -0.15) is 0 Å². The molecule has 0 aromatic heterocycles. The fourth-order valence-electron chi connectivity index (χ4n) is 1.08. The number of carbonyl (C=O) groups is 1. The smallest absolute Gasteiger partial charge is 0.254 e. The van der Waals surface area contributed by atoms with E-state index in [1.807, 2.05) is 13.8 Å². The average molecular weight is 230 g/mol. The number of hydrogen-bond acceptors (Lipinski definition) is 1. The van der Waals surface area contributed by atoms with Gasteiger partial charge in [-0.15, -0.1) is 0 Å². The van der Waals surface area contributed by atoms with Crippen LogP contribution in [0.1, 0.15) is 30.6 Å². The molecule has 1 aromatic rings. The van der Waals surface area contributed by atoms with Gasteiger partial charge in [0, 0.05) is 11.1 Å². The van der Waals surface area contributed by atoms with E-state index in [0.717, 1.165) is 6.42 Å². The van der Waals surface area contributed by atoms with Crippen LogP contribution >= 0.6 is 11.6 Å². The van der Waals surface area contributed by atoms with Crippen molar-refractivity contribution in [3.8, 4) is 0 Å². The lowest BCUT2D eigenvalue weighted by atomic mass is 10.1. The molecule has 0 aliphatic rings. The standard InChI is InChI=1S/C11H13ClFNO/c1-3-7(2)14-11(15)9-6-8(12)4-5-10(9)13/h4-7H,3H2,1-2H3,(H,14,15). The Morgan fingerprint density at radius 2 is 2.27 bits per heavy atom. The number of carbonyl (C=O) groups excluding carboxylic acids is 1. The van der Waals surface area contributed by atoms with E-state index in [1.54, 1.807) is 0 Å². The molecule has 0 spiro atoms. The van der Waals surface area contributed by atoms with Crippen molar-refractivity contribution in [3.63, 3.8) is 0 Å². The summed E-state index contributed by atoms with van der Waals surface area (Å²) in [7, 11) is 0. The lowest BCUT2D eigenvalue weighted by Crippen LogP contribution is -2.32. The van der Waals surface area contributed by atoms with Gasteiger partial charge in [0.25, 0.3) is 5.91 Å². The molecule has 1 aromatic carbocycles. The first-order valence-corrected chi connectivity index (χ1v) is 5.18. The Balaban J connectivity index is 2.86. The highest BCUT2D eigenvalue weighted by molar-refractivity contribution is 6.30. The van der Waals surface area contributed by atoms with Gasteiger partial charge in [-0.25, -0.2) is 4.39 Å². The van der Waals surface area contributed by atoms with Gasteiger partial charge in [0.15, 0.2) is 0 Å². The molecule has 2 nitrogen and oxygen atoms in total. The van der Waals surface area contributed by atoms with E-state index in [9.17, 15) is 9.18 Å². The quantitative estimate of drug-likeness (QED) is 0.848. The van der Waals surface area contributed by atoms with Gasteiger partial charge in [-0.1, -0.05) is 18.5 Å². The molecule has 82 valence electrons. The highest BCUT2D eigenvalue weighted by Crippen LogP contribution is 2.14. The van der Waals surface area contributed by atoms with E-state index in [0.29, 0.717) is 5.02 Å². The molecule has 0 fully saturated rings. The predicted molar refractivity (Wildman–Crippen MR) is 58.6 cm³/mol. The normalized spacial score (nSPS) is 12.3. The predicted octanol–water partition coefficient (Wildman–Crippen LogP) is 3.01. The van der Waals surface area contributed by atoms with E-state index in [2.05, 4.69) is 5.32 Å². The SMILES string of the molecule is CCC(C)NC(=O)c1cc(Cl)ccc1F. The minimum Gasteiger partial charge on any atom is -0.350 e. The minimum atomic E-state index is -0.555. The second kappa shape index (κ2) is 5.12. The van der Waals surface area contributed by atoms with Crippen molar-refractivity contribution < 1.29 is 9.18 Å². The van der Waals surface area contributed by atoms with Crippen molar-refractivity contribution >= 4 is 17.5 Å². The third kappa shape index (κ3) is 3.20. The summed E-state index contributed by atoms with van der Waals surface area (Å²) >= 11 is 5.68. The molecule has 1 amide bonds. The van der Waals surface area contributed by atoms with Crippen LogP contribution in [-0.2, 0) is 0 Å². The molecule has 0 aliphatic heterocycles. The number of amides is 1. The van der Waals surface area contributed by atoms with Gasteiger partial charge < -0.3 is 5.32 Å². The van der Waals surface area contributed by atoms with Gasteiger partial charge in [0.2, 0.25) is 0 Å². The Labute approximate surface area is 93.4 Å². The second-order valence-electron chi connectivity index (χ2n) is 3.41. The Hall–Kier alpha value is -1.09. The summed E-state index contributed by atoms with van der Waals surface area (Å²) < 4.78 is 13.3. The molecule has 4 heteroatoms. The van der Waals surface area contributed by atoms with E-state index >= 15 is 0 Å². The molecule has 1 N–H and O–H groups in total. The molecule has 1 atom stereocenters. The maximum absolute atomic E-state index is 13.3. The number of halogens is 2. The molecule has 15 heavy (non-hydrogen) atoms. The van der Waals surface area contributed by atoms with Crippen molar-refractivity contribution in [1.82, 2.24) is 5.32 Å². The molecule has 1 rings (SSSR count). The van der Waals surface area contributed by atoms with Crippen LogP contribution in [0, 0.1) is 5.82 Å². The summed E-state index contributed by atoms with van der Waals surface area (Å²) in [5.74, 6) is -0.982. The van der Waals surface area contributed by atoms with E-state index in [1.165, 1.54) is 18.2 Å². The first kappa shape index (κ1) is 12.0. The molecule has 0 radical (unpaired) electrons. The van der Waals surface area contributed by atoms with Crippen LogP contribution in [-0.4, -0.2) is 11.9 Å². The monoisotopic (exact) mass is 229 g/mol. The Kier molecular flexibility index (Phi) is 4.09. The lowest BCUT2D eigenvalue weighted by Gasteiger charge is -2.11. The molecule has 0 bridgehead atoms. The zero-order valence-corrected chi connectivity index (χ0v) is 9.44. The molecular weight excluding hydrogens is 217 g/mol. The van der Waals surface area contributed by atoms with E-state index in [4.69, 9.17) is 11.6 Å². The molecular formula is C11H13ClFNO. The molecule has 1 unspecified atom stereocenters. The zero-order valence-electron chi connectivity index (χ0n) is 8.68. The summed E-state index contributed by atoms with van der Waals surface area (Å²) in [6.45, 7) is 3.81. The van der Waals surface area contributed by atoms with Gasteiger partial charge in [-0.05, 0) is 31.5 Å². The van der Waals surface area contributed by atoms with E-state index in [-0.39, 0.29) is 11.6 Å². The lowest BCUT2D eigenvalue weighted by molar-refractivity contribution is 0.0935. The van der Waals surface area contributed by atoms with Gasteiger partial charge in [0.05, 0.1) is 5.56 Å². The second-order valence-corrected chi connectivity index (χ2v) is 3.84. The zero-order chi connectivity index (χ0) is 11.4. The molecule has 0 aliphatic carbocycles. The van der Waals surface area contributed by atoms with Crippen LogP contribution in [0.3, 0.4) is 0 Å². The Bertz CT molecular complexity index is 368. The number of rotatable bonds is 3. The first-order valence-electron chi connectivity index (χ1n) is 4.80. The van der Waals surface area contributed by atoms with Crippen LogP contribution in [0.4, 0.5) is 4.39 Å². The average Bonchev–Trinajstić information content (AvgIpc) is 2.21. The minimum absolute atomic E-state index is 0.0113. The van der Waals surface area contributed by atoms with Gasteiger partial charge >= 0.3 is 0 Å². The van der Waals surface area contributed by atoms with Crippen LogP contribution in [0.15, 0.2) is 18.2 Å².